The smallest absolute Gasteiger partial charge is 0.254 e. The number of rotatable bonds is 9. The molecule has 42 heavy (non-hydrogen) atoms. The maximum Gasteiger partial charge on any atom is 0.254 e. The van der Waals surface area contributed by atoms with Crippen LogP contribution in [0.3, 0.4) is 0 Å². The summed E-state index contributed by atoms with van der Waals surface area (Å²) in [7, 11) is 3.18. The molecule has 1 aliphatic rings. The van der Waals surface area contributed by atoms with E-state index in [4.69, 9.17) is 14.2 Å². The number of ether oxygens (including phenoxy) is 3. The maximum atomic E-state index is 14.3. The number of hydrogen-bond donors (Lipinski definition) is 2. The van der Waals surface area contributed by atoms with E-state index >= 15 is 0 Å². The highest BCUT2D eigenvalue weighted by Crippen LogP contribution is 2.28. The van der Waals surface area contributed by atoms with Crippen molar-refractivity contribution in [2.45, 2.75) is 12.7 Å². The quantitative estimate of drug-likeness (QED) is 0.282. The number of carbonyl (C=O) groups excluding carboxylic acids is 2. The van der Waals surface area contributed by atoms with Gasteiger partial charge < -0.3 is 24.4 Å². The number of aryl methyl sites for hydroxylation is 1. The fraction of sp³-hybridized carbons (Fsp3) is 0.286. The maximum absolute atomic E-state index is 14.3. The number of tetrazole rings is 1. The minimum absolute atomic E-state index is 0.0645. The Labute approximate surface area is 239 Å². The number of aromatic amines is 1. The lowest BCUT2D eigenvalue weighted by molar-refractivity contribution is -0.0402. The van der Waals surface area contributed by atoms with Gasteiger partial charge in [0.25, 0.3) is 11.8 Å². The highest BCUT2D eigenvalue weighted by Gasteiger charge is 2.26. The van der Waals surface area contributed by atoms with Gasteiger partial charge in [-0.2, -0.15) is 4.39 Å². The number of pyridine rings is 1. The van der Waals surface area contributed by atoms with Crippen LogP contribution in [0.25, 0.3) is 11.1 Å². The summed E-state index contributed by atoms with van der Waals surface area (Å²) in [4.78, 5) is 41.1. The van der Waals surface area contributed by atoms with Crippen LogP contribution in [-0.4, -0.2) is 81.4 Å². The number of amides is 2. The van der Waals surface area contributed by atoms with Crippen LogP contribution in [0.2, 0.25) is 0 Å². The van der Waals surface area contributed by atoms with E-state index < -0.39 is 23.5 Å². The molecule has 2 N–H and O–H groups in total. The monoisotopic (exact) mass is 577 g/mol. The van der Waals surface area contributed by atoms with Gasteiger partial charge in [0, 0.05) is 37.8 Å². The first kappa shape index (κ1) is 28.4. The summed E-state index contributed by atoms with van der Waals surface area (Å²) in [5, 5.41) is 13.8. The van der Waals surface area contributed by atoms with Gasteiger partial charge >= 0.3 is 0 Å². The number of benzene rings is 2. The molecule has 1 aliphatic heterocycles. The Balaban J connectivity index is 1.24. The van der Waals surface area contributed by atoms with E-state index in [2.05, 4.69) is 25.8 Å². The largest absolute Gasteiger partial charge is 0.490 e. The summed E-state index contributed by atoms with van der Waals surface area (Å²) in [5.74, 6) is -0.121. The third-order valence-corrected chi connectivity index (χ3v) is 6.64. The van der Waals surface area contributed by atoms with Crippen molar-refractivity contribution in [1.29, 1.82) is 0 Å². The predicted molar refractivity (Wildman–Crippen MR) is 147 cm³/mol. The molecule has 0 unspecified atom stereocenters. The molecule has 0 spiro atoms. The zero-order valence-corrected chi connectivity index (χ0v) is 22.9. The lowest BCUT2D eigenvalue weighted by Gasteiger charge is -2.33. The molecule has 2 aromatic carbocycles. The third-order valence-electron chi connectivity index (χ3n) is 6.64. The van der Waals surface area contributed by atoms with Gasteiger partial charge in [-0.1, -0.05) is 12.1 Å². The van der Waals surface area contributed by atoms with Crippen LogP contribution in [0, 0.1) is 5.95 Å². The molecule has 3 heterocycles. The van der Waals surface area contributed by atoms with E-state index in [1.54, 1.807) is 48.3 Å². The van der Waals surface area contributed by atoms with Crippen LogP contribution < -0.4 is 20.3 Å². The van der Waals surface area contributed by atoms with Gasteiger partial charge in [-0.3, -0.25) is 19.4 Å². The van der Waals surface area contributed by atoms with Crippen molar-refractivity contribution in [3.05, 3.63) is 87.9 Å². The standard InChI is InChI=1S/C28H28FN7O6/c1-30-27(38)22-13-17(21-7-9-25(37)31-26(21)29)6-8-23(22)42-15-20-14-36(10-11-40-20)28(39)18-4-3-5-19(12-18)41-16-24-32-33-34-35(24)2/h3-9,12-13,20H,10-11,14-16H2,1-2H3,(H,30,38)(H,31,37)/t20-/m1/s1. The highest BCUT2D eigenvalue weighted by molar-refractivity contribution is 5.98. The van der Waals surface area contributed by atoms with Gasteiger partial charge in [0.05, 0.1) is 18.7 Å². The molecule has 1 atom stereocenters. The SMILES string of the molecule is CNC(=O)c1cc(-c2ccc(=O)[nH]c2F)ccc1OC[C@H]1CN(C(=O)c2cccc(OCc3nnnn3C)c2)CCO1. The molecule has 2 amide bonds. The van der Waals surface area contributed by atoms with Gasteiger partial charge in [0.2, 0.25) is 11.5 Å². The molecule has 0 radical (unpaired) electrons. The van der Waals surface area contributed by atoms with Gasteiger partial charge in [0.1, 0.15) is 30.8 Å². The van der Waals surface area contributed by atoms with Crippen LogP contribution in [0.4, 0.5) is 4.39 Å². The Bertz CT molecular complexity index is 1660. The van der Waals surface area contributed by atoms with Gasteiger partial charge in [-0.05, 0) is 52.4 Å². The molecule has 4 aromatic rings. The summed E-state index contributed by atoms with van der Waals surface area (Å²) in [5.41, 5.74) is 0.589. The molecule has 2 aromatic heterocycles. The average Bonchev–Trinajstić information content (AvgIpc) is 3.42. The molecule has 13 nitrogen and oxygen atoms in total. The van der Waals surface area contributed by atoms with E-state index in [1.807, 2.05) is 0 Å². The van der Waals surface area contributed by atoms with Gasteiger partial charge in [0.15, 0.2) is 5.82 Å². The van der Waals surface area contributed by atoms with E-state index in [1.165, 1.54) is 29.9 Å². The zero-order chi connectivity index (χ0) is 29.6. The second-order valence-corrected chi connectivity index (χ2v) is 9.43. The Kier molecular flexibility index (Phi) is 8.52. The van der Waals surface area contributed by atoms with E-state index in [0.29, 0.717) is 35.9 Å². The summed E-state index contributed by atoms with van der Waals surface area (Å²) in [6.07, 6.45) is -0.459. The number of aromatic nitrogens is 5. The van der Waals surface area contributed by atoms with E-state index in [-0.39, 0.29) is 42.5 Å². The van der Waals surface area contributed by atoms with Crippen LogP contribution in [-0.2, 0) is 18.4 Å². The second-order valence-electron chi connectivity index (χ2n) is 9.43. The van der Waals surface area contributed by atoms with Crippen molar-refractivity contribution in [2.24, 2.45) is 7.05 Å². The molecular weight excluding hydrogens is 549 g/mol. The van der Waals surface area contributed by atoms with E-state index in [9.17, 15) is 18.8 Å². The lowest BCUT2D eigenvalue weighted by atomic mass is 10.0. The topological polar surface area (TPSA) is 154 Å². The summed E-state index contributed by atoms with van der Waals surface area (Å²) >= 11 is 0. The molecule has 218 valence electrons. The van der Waals surface area contributed by atoms with E-state index in [0.717, 1.165) is 0 Å². The van der Waals surface area contributed by atoms with Crippen LogP contribution >= 0.6 is 0 Å². The normalized spacial score (nSPS) is 14.8. The fourth-order valence-electron chi connectivity index (χ4n) is 4.41. The third kappa shape index (κ3) is 6.44. The van der Waals surface area contributed by atoms with Crippen LogP contribution in [0.1, 0.15) is 26.5 Å². The van der Waals surface area contributed by atoms with Gasteiger partial charge in [-0.15, -0.1) is 5.10 Å². The Morgan fingerprint density at radius 3 is 2.79 bits per heavy atom. The number of halogens is 1. The number of carbonyl (C=O) groups is 2. The Hall–Kier alpha value is -5.11. The summed E-state index contributed by atoms with van der Waals surface area (Å²) in [6, 6.07) is 14.0. The fourth-order valence-corrected chi connectivity index (χ4v) is 4.41. The molecule has 5 rings (SSSR count). The first-order chi connectivity index (χ1) is 20.3. The van der Waals surface area contributed by atoms with Crippen molar-refractivity contribution < 1.29 is 28.2 Å². The predicted octanol–water partition coefficient (Wildman–Crippen LogP) is 1.56. The molecule has 1 saturated heterocycles. The number of H-pyrrole nitrogens is 1. The second kappa shape index (κ2) is 12.6. The molecule has 14 heteroatoms. The van der Waals surface area contributed by atoms with Crippen molar-refractivity contribution >= 4 is 11.8 Å². The minimum Gasteiger partial charge on any atom is -0.490 e. The molecule has 0 bridgehead atoms. The molecule has 1 fully saturated rings. The first-order valence-corrected chi connectivity index (χ1v) is 13.1. The number of morpholine rings is 1. The Morgan fingerprint density at radius 2 is 2.02 bits per heavy atom. The number of nitrogens with zero attached hydrogens (tertiary/aromatic N) is 5. The minimum atomic E-state index is -0.806. The van der Waals surface area contributed by atoms with Gasteiger partial charge in [-0.25, -0.2) is 4.68 Å². The lowest BCUT2D eigenvalue weighted by Crippen LogP contribution is -2.47. The highest BCUT2D eigenvalue weighted by atomic mass is 19.1. The van der Waals surface area contributed by atoms with Crippen molar-refractivity contribution in [2.75, 3.05) is 33.4 Å². The van der Waals surface area contributed by atoms with Crippen molar-refractivity contribution in [1.82, 2.24) is 35.4 Å². The molecule has 0 aliphatic carbocycles. The molecular formula is C28H28FN7O6. The summed E-state index contributed by atoms with van der Waals surface area (Å²) < 4.78 is 33.4. The number of nitrogens with one attached hydrogen (secondary N) is 2. The molecule has 0 saturated carbocycles. The Morgan fingerprint density at radius 1 is 1.17 bits per heavy atom. The first-order valence-electron chi connectivity index (χ1n) is 13.1. The van der Waals surface area contributed by atoms with Crippen LogP contribution in [0.15, 0.2) is 59.4 Å². The van der Waals surface area contributed by atoms with Crippen molar-refractivity contribution in [3.63, 3.8) is 0 Å². The zero-order valence-electron chi connectivity index (χ0n) is 22.9. The number of hydrogen-bond acceptors (Lipinski definition) is 9. The average molecular weight is 578 g/mol. The summed E-state index contributed by atoms with van der Waals surface area (Å²) in [6.45, 7) is 1.19. The van der Waals surface area contributed by atoms with Crippen molar-refractivity contribution in [3.8, 4) is 22.6 Å². The van der Waals surface area contributed by atoms with Crippen LogP contribution in [0.5, 0.6) is 11.5 Å².